The summed E-state index contributed by atoms with van der Waals surface area (Å²) in [5.74, 6) is -1.78. The molecule has 23 heavy (non-hydrogen) atoms. The molecule has 2 N–H and O–H groups in total. The zero-order valence-electron chi connectivity index (χ0n) is 12.8. The predicted molar refractivity (Wildman–Crippen MR) is 84.8 cm³/mol. The Morgan fingerprint density at radius 1 is 1.30 bits per heavy atom. The van der Waals surface area contributed by atoms with Crippen molar-refractivity contribution in [1.29, 1.82) is 0 Å². The summed E-state index contributed by atoms with van der Waals surface area (Å²) < 4.78 is 5.03. The van der Waals surface area contributed by atoms with Crippen molar-refractivity contribution in [3.8, 4) is 0 Å². The second-order valence-corrected chi connectivity index (χ2v) is 6.02. The number of hydrogen-bond acceptors (Lipinski definition) is 4. The summed E-state index contributed by atoms with van der Waals surface area (Å²) in [6.45, 7) is 2.28. The molecule has 1 aromatic rings. The smallest absolute Gasteiger partial charge is 0.311 e. The fourth-order valence-corrected chi connectivity index (χ4v) is 2.58. The normalized spacial score (nSPS) is 19.0. The van der Waals surface area contributed by atoms with Gasteiger partial charge in [-0.15, -0.1) is 0 Å². The van der Waals surface area contributed by atoms with E-state index in [1.807, 2.05) is 0 Å². The molecule has 1 aromatic carbocycles. The van der Waals surface area contributed by atoms with Crippen LogP contribution < -0.4 is 5.73 Å². The molecule has 2 atom stereocenters. The number of likely N-dealkylation sites (tertiary alicyclic amines) is 1. The maximum absolute atomic E-state index is 12.5. The molecule has 1 aliphatic rings. The number of rotatable bonds is 4. The summed E-state index contributed by atoms with van der Waals surface area (Å²) in [7, 11) is 0. The second-order valence-electron chi connectivity index (χ2n) is 5.58. The van der Waals surface area contributed by atoms with Crippen LogP contribution in [0.1, 0.15) is 30.1 Å². The fourth-order valence-electron chi connectivity index (χ4n) is 2.46. The molecule has 0 bridgehead atoms. The standard InChI is InChI=1S/C16H19ClN2O4/c1-10(14(18)20)23-16(22)12-3-2-8-19(9-12)15(21)11-4-6-13(17)7-5-11/h4-7,10,12H,2-3,8-9H2,1H3,(H2,18,20)/t10-,12+/m1/s1. The van der Waals surface area contributed by atoms with Crippen molar-refractivity contribution < 1.29 is 19.1 Å². The Bertz CT molecular complexity index is 603. The lowest BCUT2D eigenvalue weighted by atomic mass is 9.97. The van der Waals surface area contributed by atoms with E-state index in [-0.39, 0.29) is 12.5 Å². The molecule has 0 spiro atoms. The highest BCUT2D eigenvalue weighted by Gasteiger charge is 2.31. The number of ether oxygens (including phenoxy) is 1. The van der Waals surface area contributed by atoms with Gasteiger partial charge < -0.3 is 15.4 Å². The van der Waals surface area contributed by atoms with Crippen LogP contribution in [0.3, 0.4) is 0 Å². The van der Waals surface area contributed by atoms with Gasteiger partial charge in [0.1, 0.15) is 0 Å². The number of esters is 1. The van der Waals surface area contributed by atoms with Crippen molar-refractivity contribution in [2.75, 3.05) is 13.1 Å². The summed E-state index contributed by atoms with van der Waals surface area (Å²) >= 11 is 5.82. The van der Waals surface area contributed by atoms with Crippen LogP contribution in [0.5, 0.6) is 0 Å². The quantitative estimate of drug-likeness (QED) is 0.844. The highest BCUT2D eigenvalue weighted by Crippen LogP contribution is 2.21. The molecule has 1 aliphatic heterocycles. The molecule has 0 aliphatic carbocycles. The van der Waals surface area contributed by atoms with E-state index in [9.17, 15) is 14.4 Å². The largest absolute Gasteiger partial charge is 0.452 e. The van der Waals surface area contributed by atoms with Gasteiger partial charge in [-0.1, -0.05) is 11.6 Å². The van der Waals surface area contributed by atoms with Gasteiger partial charge in [0.25, 0.3) is 11.8 Å². The van der Waals surface area contributed by atoms with Gasteiger partial charge in [0.05, 0.1) is 5.92 Å². The van der Waals surface area contributed by atoms with E-state index in [1.54, 1.807) is 29.2 Å². The van der Waals surface area contributed by atoms with Crippen LogP contribution in [-0.4, -0.2) is 41.9 Å². The van der Waals surface area contributed by atoms with Crippen molar-refractivity contribution in [1.82, 2.24) is 4.90 Å². The summed E-state index contributed by atoms with van der Waals surface area (Å²) in [6.07, 6.45) is 0.350. The first-order valence-corrected chi connectivity index (χ1v) is 7.81. The molecule has 0 radical (unpaired) electrons. The van der Waals surface area contributed by atoms with Crippen molar-refractivity contribution >= 4 is 29.4 Å². The number of nitrogens with two attached hydrogens (primary N) is 1. The van der Waals surface area contributed by atoms with Crippen LogP contribution in [0.4, 0.5) is 0 Å². The van der Waals surface area contributed by atoms with E-state index in [4.69, 9.17) is 22.1 Å². The molecule has 1 fully saturated rings. The van der Waals surface area contributed by atoms with E-state index in [0.29, 0.717) is 30.0 Å². The van der Waals surface area contributed by atoms with Gasteiger partial charge in [-0.05, 0) is 44.0 Å². The molecule has 1 saturated heterocycles. The van der Waals surface area contributed by atoms with E-state index >= 15 is 0 Å². The lowest BCUT2D eigenvalue weighted by molar-refractivity contribution is -0.159. The molecule has 7 heteroatoms. The van der Waals surface area contributed by atoms with Gasteiger partial charge in [-0.2, -0.15) is 0 Å². The Morgan fingerprint density at radius 2 is 1.96 bits per heavy atom. The minimum absolute atomic E-state index is 0.151. The van der Waals surface area contributed by atoms with Gasteiger partial charge >= 0.3 is 5.97 Å². The van der Waals surface area contributed by atoms with E-state index < -0.39 is 23.9 Å². The number of halogens is 1. The summed E-state index contributed by atoms with van der Waals surface area (Å²) in [4.78, 5) is 37.1. The third kappa shape index (κ3) is 4.45. The molecular formula is C16H19ClN2O4. The fraction of sp³-hybridized carbons (Fsp3) is 0.438. The Hall–Kier alpha value is -2.08. The number of nitrogens with zero attached hydrogens (tertiary/aromatic N) is 1. The van der Waals surface area contributed by atoms with Gasteiger partial charge in [-0.25, -0.2) is 0 Å². The lowest BCUT2D eigenvalue weighted by Crippen LogP contribution is -2.44. The Morgan fingerprint density at radius 3 is 2.57 bits per heavy atom. The summed E-state index contributed by atoms with van der Waals surface area (Å²) in [5, 5.41) is 0.557. The number of primary amides is 1. The van der Waals surface area contributed by atoms with E-state index in [1.165, 1.54) is 6.92 Å². The first-order valence-electron chi connectivity index (χ1n) is 7.43. The SMILES string of the molecule is C[C@@H](OC(=O)[C@H]1CCCN(C(=O)c2ccc(Cl)cc2)C1)C(N)=O. The third-order valence-electron chi connectivity index (χ3n) is 3.83. The van der Waals surface area contributed by atoms with Crippen molar-refractivity contribution in [2.24, 2.45) is 11.7 Å². The topological polar surface area (TPSA) is 89.7 Å². The predicted octanol–water partition coefficient (Wildman–Crippen LogP) is 1.61. The number of piperidine rings is 1. The molecule has 124 valence electrons. The molecule has 2 rings (SSSR count). The number of carbonyl (C=O) groups excluding carboxylic acids is 3. The minimum Gasteiger partial charge on any atom is -0.452 e. The number of benzene rings is 1. The van der Waals surface area contributed by atoms with Crippen LogP contribution in [0.2, 0.25) is 5.02 Å². The Balaban J connectivity index is 2.00. The van der Waals surface area contributed by atoms with Crippen LogP contribution >= 0.6 is 11.6 Å². The van der Waals surface area contributed by atoms with Crippen LogP contribution in [0.25, 0.3) is 0 Å². The molecule has 0 aromatic heterocycles. The zero-order chi connectivity index (χ0) is 17.0. The highest BCUT2D eigenvalue weighted by atomic mass is 35.5. The summed E-state index contributed by atoms with van der Waals surface area (Å²) in [6, 6.07) is 6.61. The molecule has 6 nitrogen and oxygen atoms in total. The molecule has 0 unspecified atom stereocenters. The third-order valence-corrected chi connectivity index (χ3v) is 4.08. The molecule has 0 saturated carbocycles. The average molecular weight is 339 g/mol. The average Bonchev–Trinajstić information content (AvgIpc) is 2.54. The first-order chi connectivity index (χ1) is 10.9. The zero-order valence-corrected chi connectivity index (χ0v) is 13.6. The van der Waals surface area contributed by atoms with Crippen molar-refractivity contribution in [2.45, 2.75) is 25.9 Å². The van der Waals surface area contributed by atoms with E-state index in [0.717, 1.165) is 0 Å². The summed E-state index contributed by atoms with van der Waals surface area (Å²) in [5.41, 5.74) is 5.61. The van der Waals surface area contributed by atoms with Gasteiger partial charge in [0, 0.05) is 23.7 Å². The van der Waals surface area contributed by atoms with Crippen LogP contribution in [0, 0.1) is 5.92 Å². The monoisotopic (exact) mass is 338 g/mol. The highest BCUT2D eigenvalue weighted by molar-refractivity contribution is 6.30. The Kier molecular flexibility index (Phi) is 5.60. The number of carbonyl (C=O) groups is 3. The van der Waals surface area contributed by atoms with Crippen molar-refractivity contribution in [3.05, 3.63) is 34.9 Å². The maximum Gasteiger partial charge on any atom is 0.311 e. The lowest BCUT2D eigenvalue weighted by Gasteiger charge is -2.32. The van der Waals surface area contributed by atoms with Gasteiger partial charge in [0.15, 0.2) is 6.10 Å². The van der Waals surface area contributed by atoms with Crippen molar-refractivity contribution in [3.63, 3.8) is 0 Å². The van der Waals surface area contributed by atoms with Crippen LogP contribution in [0.15, 0.2) is 24.3 Å². The Labute approximate surface area is 139 Å². The molecular weight excluding hydrogens is 320 g/mol. The molecule has 1 heterocycles. The number of amides is 2. The number of hydrogen-bond donors (Lipinski definition) is 1. The molecule has 2 amide bonds. The van der Waals surface area contributed by atoms with E-state index in [2.05, 4.69) is 0 Å². The van der Waals surface area contributed by atoms with Crippen LogP contribution in [-0.2, 0) is 14.3 Å². The van der Waals surface area contributed by atoms with Gasteiger partial charge in [-0.3, -0.25) is 14.4 Å². The minimum atomic E-state index is -0.968. The van der Waals surface area contributed by atoms with Gasteiger partial charge in [0.2, 0.25) is 0 Å². The first kappa shape index (κ1) is 17.3. The second kappa shape index (κ2) is 7.46. The maximum atomic E-state index is 12.5.